The summed E-state index contributed by atoms with van der Waals surface area (Å²) in [7, 11) is 0. The molecule has 0 spiro atoms. The summed E-state index contributed by atoms with van der Waals surface area (Å²) < 4.78 is 23.8. The maximum atomic E-state index is 13.0. The topological polar surface area (TPSA) is 94.5 Å². The smallest absolute Gasteiger partial charge is 0.309 e. The maximum absolute atomic E-state index is 13.0. The Morgan fingerprint density at radius 1 is 0.537 bits per heavy atom. The quantitative estimate of drug-likeness (QED) is 0.0488. The van der Waals surface area contributed by atoms with Gasteiger partial charge in [0.15, 0.2) is 0 Å². The highest BCUT2D eigenvalue weighted by molar-refractivity contribution is 5.72. The van der Waals surface area contributed by atoms with E-state index in [-0.39, 0.29) is 42.6 Å². The highest BCUT2D eigenvalue weighted by Crippen LogP contribution is 2.30. The first-order chi connectivity index (χ1) is 26.5. The fourth-order valence-electron chi connectivity index (χ4n) is 7.64. The van der Waals surface area contributed by atoms with Gasteiger partial charge in [-0.05, 0) is 103 Å². The van der Waals surface area contributed by atoms with Crippen LogP contribution < -0.4 is 0 Å². The summed E-state index contributed by atoms with van der Waals surface area (Å²) in [5.74, 6) is -0.0198. The van der Waals surface area contributed by atoms with E-state index in [1.54, 1.807) is 0 Å². The molecule has 54 heavy (non-hydrogen) atoms. The summed E-state index contributed by atoms with van der Waals surface area (Å²) in [6.07, 6.45) is 30.5. The minimum absolute atomic E-state index is 0.0136. The zero-order valence-electron chi connectivity index (χ0n) is 36.1. The van der Waals surface area contributed by atoms with Crippen molar-refractivity contribution in [2.45, 2.75) is 220 Å². The van der Waals surface area contributed by atoms with Crippen molar-refractivity contribution >= 4 is 11.9 Å². The Morgan fingerprint density at radius 3 is 1.67 bits per heavy atom. The summed E-state index contributed by atoms with van der Waals surface area (Å²) in [4.78, 5) is 28.4. The van der Waals surface area contributed by atoms with Gasteiger partial charge in [-0.25, -0.2) is 0 Å². The number of nitrogens with zero attached hydrogens (tertiary/aromatic N) is 1. The van der Waals surface area contributed by atoms with Crippen molar-refractivity contribution < 1.29 is 33.6 Å². The van der Waals surface area contributed by atoms with Gasteiger partial charge in [0.25, 0.3) is 0 Å². The molecular weight excluding hydrogens is 679 g/mol. The molecule has 1 N–H and O–H groups in total. The first-order valence-electron chi connectivity index (χ1n) is 23.4. The summed E-state index contributed by atoms with van der Waals surface area (Å²) in [5, 5.41) is 9.31. The molecule has 0 saturated heterocycles. The monoisotopic (exact) mass is 768 g/mol. The van der Waals surface area contributed by atoms with Crippen LogP contribution >= 0.6 is 0 Å². The Balaban J connectivity index is 2.27. The van der Waals surface area contributed by atoms with Crippen molar-refractivity contribution in [1.82, 2.24) is 4.90 Å². The molecule has 0 aromatic carbocycles. The Labute approximate surface area is 333 Å². The van der Waals surface area contributed by atoms with E-state index in [0.717, 1.165) is 148 Å². The standard InChI is InChI=1S/C46H89NO7/c1-5-9-12-14-15-21-29-41(28-20-13-10-6-2)45(49)53-38-26-18-16-22-32-47(34-24-25-35-48)33-23-17-19-27-39-54-46(50)42-30-31-43(52-37-11-7-3)44(40-42)51-36-8-4/h41-44,48H,5-40H2,1-4H3. The fourth-order valence-corrected chi connectivity index (χ4v) is 7.64. The van der Waals surface area contributed by atoms with E-state index in [1.165, 1.54) is 51.4 Å². The lowest BCUT2D eigenvalue weighted by Gasteiger charge is -2.35. The zero-order chi connectivity index (χ0) is 39.3. The third kappa shape index (κ3) is 27.4. The van der Waals surface area contributed by atoms with Crippen LogP contribution in [0.15, 0.2) is 0 Å². The number of aliphatic hydroxyl groups excluding tert-OH is 1. The number of esters is 2. The summed E-state index contributed by atoms with van der Waals surface area (Å²) in [5.41, 5.74) is 0. The normalized spacial score (nSPS) is 17.9. The molecule has 0 amide bonds. The van der Waals surface area contributed by atoms with Gasteiger partial charge in [0.1, 0.15) is 0 Å². The molecule has 1 fully saturated rings. The number of hydrogen-bond acceptors (Lipinski definition) is 8. The van der Waals surface area contributed by atoms with Crippen LogP contribution in [0.5, 0.6) is 0 Å². The van der Waals surface area contributed by atoms with Gasteiger partial charge < -0.3 is 29.0 Å². The van der Waals surface area contributed by atoms with E-state index in [0.29, 0.717) is 26.2 Å². The number of carbonyl (C=O) groups excluding carboxylic acids is 2. The first kappa shape index (κ1) is 50.8. The first-order valence-corrected chi connectivity index (χ1v) is 23.4. The lowest BCUT2D eigenvalue weighted by molar-refractivity contribution is -0.157. The average Bonchev–Trinajstić information content (AvgIpc) is 3.18. The summed E-state index contributed by atoms with van der Waals surface area (Å²) in [6, 6.07) is 0. The average molecular weight is 768 g/mol. The van der Waals surface area contributed by atoms with E-state index in [4.69, 9.17) is 18.9 Å². The van der Waals surface area contributed by atoms with Gasteiger partial charge in [-0.2, -0.15) is 0 Å². The molecule has 0 bridgehead atoms. The Bertz CT molecular complexity index is 812. The second-order valence-corrected chi connectivity index (χ2v) is 16.2. The number of ether oxygens (including phenoxy) is 4. The van der Waals surface area contributed by atoms with E-state index < -0.39 is 0 Å². The fraction of sp³-hybridized carbons (Fsp3) is 0.957. The van der Waals surface area contributed by atoms with Gasteiger partial charge in [-0.15, -0.1) is 0 Å². The number of unbranched alkanes of at least 4 members (excludes halogenated alkanes) is 16. The molecule has 0 radical (unpaired) electrons. The molecule has 320 valence electrons. The Morgan fingerprint density at radius 2 is 1.06 bits per heavy atom. The zero-order valence-corrected chi connectivity index (χ0v) is 36.1. The van der Waals surface area contributed by atoms with Crippen LogP contribution in [0.3, 0.4) is 0 Å². The van der Waals surface area contributed by atoms with Gasteiger partial charge >= 0.3 is 11.9 Å². The second-order valence-electron chi connectivity index (χ2n) is 16.2. The molecule has 4 atom stereocenters. The molecule has 4 unspecified atom stereocenters. The minimum Gasteiger partial charge on any atom is -0.465 e. The van der Waals surface area contributed by atoms with Crippen molar-refractivity contribution in [1.29, 1.82) is 0 Å². The molecule has 0 heterocycles. The van der Waals surface area contributed by atoms with Gasteiger partial charge in [-0.3, -0.25) is 9.59 Å². The van der Waals surface area contributed by atoms with Crippen LogP contribution in [0.4, 0.5) is 0 Å². The van der Waals surface area contributed by atoms with Crippen LogP contribution in [0.25, 0.3) is 0 Å². The molecule has 1 aliphatic carbocycles. The number of carbonyl (C=O) groups is 2. The third-order valence-electron chi connectivity index (χ3n) is 11.2. The molecule has 0 aliphatic heterocycles. The van der Waals surface area contributed by atoms with Crippen molar-refractivity contribution in [2.24, 2.45) is 11.8 Å². The molecule has 1 rings (SSSR count). The van der Waals surface area contributed by atoms with Crippen LogP contribution in [0, 0.1) is 11.8 Å². The molecule has 0 aromatic rings. The second kappa shape index (κ2) is 37.4. The molecule has 0 aromatic heterocycles. The van der Waals surface area contributed by atoms with E-state index in [1.807, 2.05) is 0 Å². The largest absolute Gasteiger partial charge is 0.465 e. The van der Waals surface area contributed by atoms with E-state index in [9.17, 15) is 14.7 Å². The highest BCUT2D eigenvalue weighted by atomic mass is 16.5. The highest BCUT2D eigenvalue weighted by Gasteiger charge is 2.36. The van der Waals surface area contributed by atoms with Crippen molar-refractivity contribution in [3.63, 3.8) is 0 Å². The molecule has 1 saturated carbocycles. The van der Waals surface area contributed by atoms with Crippen LogP contribution in [-0.2, 0) is 28.5 Å². The van der Waals surface area contributed by atoms with Gasteiger partial charge in [0.2, 0.25) is 0 Å². The van der Waals surface area contributed by atoms with Crippen molar-refractivity contribution in [3.05, 3.63) is 0 Å². The van der Waals surface area contributed by atoms with Gasteiger partial charge in [0.05, 0.1) is 37.3 Å². The Hall–Kier alpha value is -1.22. The summed E-state index contributed by atoms with van der Waals surface area (Å²) >= 11 is 0. The maximum Gasteiger partial charge on any atom is 0.309 e. The lowest BCUT2D eigenvalue weighted by atomic mass is 9.85. The molecule has 1 aliphatic rings. The number of rotatable bonds is 39. The van der Waals surface area contributed by atoms with Crippen LogP contribution in [0.1, 0.15) is 207 Å². The molecule has 8 heteroatoms. The molecule has 8 nitrogen and oxygen atoms in total. The number of aliphatic hydroxyl groups is 1. The van der Waals surface area contributed by atoms with Gasteiger partial charge in [-0.1, -0.05) is 124 Å². The Kier molecular flexibility index (Phi) is 35.1. The van der Waals surface area contributed by atoms with Crippen molar-refractivity contribution in [2.75, 3.05) is 52.7 Å². The summed E-state index contributed by atoms with van der Waals surface area (Å²) in [6.45, 7) is 14.7. The van der Waals surface area contributed by atoms with Crippen LogP contribution in [0.2, 0.25) is 0 Å². The predicted molar refractivity (Wildman–Crippen MR) is 224 cm³/mol. The van der Waals surface area contributed by atoms with Crippen LogP contribution in [-0.4, -0.2) is 86.8 Å². The SMILES string of the molecule is CCCCCCCCC(CCCCCC)C(=O)OCCCCCCN(CCCCO)CCCCCCOC(=O)C1CCC(OCCCC)C(OCCC)C1. The third-order valence-corrected chi connectivity index (χ3v) is 11.2. The van der Waals surface area contributed by atoms with E-state index in [2.05, 4.69) is 32.6 Å². The number of hydrogen-bond donors (Lipinski definition) is 1. The predicted octanol–water partition coefficient (Wildman–Crippen LogP) is 11.4. The van der Waals surface area contributed by atoms with Crippen molar-refractivity contribution in [3.8, 4) is 0 Å². The van der Waals surface area contributed by atoms with Gasteiger partial charge in [0, 0.05) is 19.8 Å². The lowest BCUT2D eigenvalue weighted by Crippen LogP contribution is -2.41. The molecular formula is C46H89NO7. The van der Waals surface area contributed by atoms with E-state index >= 15 is 0 Å². The minimum atomic E-state index is -0.0856.